The normalized spacial score (nSPS) is 11.2. The van der Waals surface area contributed by atoms with E-state index < -0.39 is 5.97 Å². The monoisotopic (exact) mass is 382 g/mol. The summed E-state index contributed by atoms with van der Waals surface area (Å²) < 4.78 is 2.07. The molecule has 23 heavy (non-hydrogen) atoms. The second kappa shape index (κ2) is 5.48. The van der Waals surface area contributed by atoms with Crippen molar-refractivity contribution in [3.8, 4) is 11.1 Å². The molecule has 4 rings (SSSR count). The molecule has 4 aromatic rings. The fourth-order valence-electron chi connectivity index (χ4n) is 2.88. The van der Waals surface area contributed by atoms with Crippen molar-refractivity contribution in [1.82, 2.24) is 0 Å². The van der Waals surface area contributed by atoms with Gasteiger partial charge >= 0.3 is 5.97 Å². The van der Waals surface area contributed by atoms with Crippen LogP contribution in [0.2, 0.25) is 0 Å². The van der Waals surface area contributed by atoms with Crippen molar-refractivity contribution in [1.29, 1.82) is 0 Å². The van der Waals surface area contributed by atoms with Crippen LogP contribution in [0.4, 0.5) is 0 Å². The minimum absolute atomic E-state index is 0.369. The average molecular weight is 383 g/mol. The Morgan fingerprint density at radius 2 is 1.70 bits per heavy atom. The lowest BCUT2D eigenvalue weighted by Gasteiger charge is -2.09. The summed E-state index contributed by atoms with van der Waals surface area (Å²) >= 11 is 4.93. The van der Waals surface area contributed by atoms with E-state index in [-0.39, 0.29) is 0 Å². The first kappa shape index (κ1) is 14.4. The second-order valence-corrected chi connectivity index (χ2v) is 7.19. The molecule has 0 spiro atoms. The molecule has 0 atom stereocenters. The van der Waals surface area contributed by atoms with Gasteiger partial charge in [0.05, 0.1) is 0 Å². The number of rotatable bonds is 2. The minimum atomic E-state index is -0.877. The molecule has 1 N–H and O–H groups in total. The number of benzene rings is 3. The highest BCUT2D eigenvalue weighted by Crippen LogP contribution is 2.39. The Hall–Kier alpha value is -2.17. The highest BCUT2D eigenvalue weighted by molar-refractivity contribution is 9.10. The van der Waals surface area contributed by atoms with Crippen LogP contribution in [-0.2, 0) is 0 Å². The van der Waals surface area contributed by atoms with E-state index in [2.05, 4.69) is 40.2 Å². The van der Waals surface area contributed by atoms with Crippen molar-refractivity contribution < 1.29 is 9.90 Å². The third-order valence-electron chi connectivity index (χ3n) is 3.92. The number of thiophene rings is 1. The second-order valence-electron chi connectivity index (χ2n) is 5.28. The van der Waals surface area contributed by atoms with Gasteiger partial charge in [0.15, 0.2) is 0 Å². The Bertz CT molecular complexity index is 1070. The van der Waals surface area contributed by atoms with Gasteiger partial charge in [0.1, 0.15) is 4.88 Å². The maximum absolute atomic E-state index is 11.3. The lowest BCUT2D eigenvalue weighted by atomic mass is 9.97. The molecule has 0 saturated heterocycles. The molecule has 1 aromatic heterocycles. The molecular weight excluding hydrogens is 372 g/mol. The number of hydrogen-bond acceptors (Lipinski definition) is 2. The first-order chi connectivity index (χ1) is 11.1. The van der Waals surface area contributed by atoms with E-state index in [1.807, 2.05) is 30.3 Å². The van der Waals surface area contributed by atoms with Gasteiger partial charge in [-0.25, -0.2) is 4.79 Å². The van der Waals surface area contributed by atoms with Gasteiger partial charge < -0.3 is 5.11 Å². The number of halogens is 1. The third-order valence-corrected chi connectivity index (χ3v) is 5.78. The van der Waals surface area contributed by atoms with E-state index in [0.717, 1.165) is 36.5 Å². The molecule has 0 bridgehead atoms. The largest absolute Gasteiger partial charge is 0.477 e. The van der Waals surface area contributed by atoms with Gasteiger partial charge in [-0.3, -0.25) is 0 Å². The Morgan fingerprint density at radius 3 is 2.48 bits per heavy atom. The summed E-state index contributed by atoms with van der Waals surface area (Å²) in [4.78, 5) is 11.6. The summed E-state index contributed by atoms with van der Waals surface area (Å²) in [5, 5.41) is 12.5. The van der Waals surface area contributed by atoms with Crippen LogP contribution >= 0.6 is 27.3 Å². The Balaban J connectivity index is 2.07. The topological polar surface area (TPSA) is 37.3 Å². The Kier molecular flexibility index (Phi) is 3.43. The van der Waals surface area contributed by atoms with Crippen LogP contribution in [0.1, 0.15) is 9.67 Å². The molecule has 1 heterocycles. The van der Waals surface area contributed by atoms with E-state index in [9.17, 15) is 9.90 Å². The van der Waals surface area contributed by atoms with Gasteiger partial charge in [-0.15, -0.1) is 11.3 Å². The number of aromatic carboxylic acids is 1. The molecule has 112 valence electrons. The van der Waals surface area contributed by atoms with E-state index in [4.69, 9.17) is 0 Å². The number of fused-ring (bicyclic) bond motifs is 2. The number of carboxylic acid groups (broad SMARTS) is 1. The zero-order valence-electron chi connectivity index (χ0n) is 11.9. The summed E-state index contributed by atoms with van der Waals surface area (Å²) in [6.07, 6.45) is 0. The minimum Gasteiger partial charge on any atom is -0.477 e. The van der Waals surface area contributed by atoms with Crippen LogP contribution in [0.25, 0.3) is 32.0 Å². The van der Waals surface area contributed by atoms with Crippen LogP contribution in [-0.4, -0.2) is 11.1 Å². The molecular formula is C19H11BrO2S. The Morgan fingerprint density at radius 1 is 0.913 bits per heavy atom. The standard InChI is InChI=1S/C19H11BrO2S/c20-16-9-8-13(12-5-1-2-6-14(12)16)15-7-3-4-11-10-17(19(21)22)23-18(11)15/h1-10H,(H,21,22). The molecule has 0 amide bonds. The Labute approximate surface area is 145 Å². The van der Waals surface area contributed by atoms with Crippen molar-refractivity contribution in [2.24, 2.45) is 0 Å². The molecule has 2 nitrogen and oxygen atoms in total. The SMILES string of the molecule is O=C(O)c1cc2cccc(-c3ccc(Br)c4ccccc34)c2s1. The van der Waals surface area contributed by atoms with Crippen LogP contribution in [0.3, 0.4) is 0 Å². The zero-order valence-corrected chi connectivity index (χ0v) is 14.3. The highest BCUT2D eigenvalue weighted by atomic mass is 79.9. The van der Waals surface area contributed by atoms with Crippen molar-refractivity contribution in [3.05, 3.63) is 70.0 Å². The first-order valence-electron chi connectivity index (χ1n) is 7.08. The van der Waals surface area contributed by atoms with Gasteiger partial charge in [0, 0.05) is 14.7 Å². The number of carbonyl (C=O) groups is 1. The fourth-order valence-corrected chi connectivity index (χ4v) is 4.38. The lowest BCUT2D eigenvalue weighted by molar-refractivity contribution is 0.0702. The first-order valence-corrected chi connectivity index (χ1v) is 8.69. The molecule has 0 saturated carbocycles. The van der Waals surface area contributed by atoms with Gasteiger partial charge in [-0.05, 0) is 33.9 Å². The zero-order chi connectivity index (χ0) is 16.0. The summed E-state index contributed by atoms with van der Waals surface area (Å²) in [5.41, 5.74) is 2.19. The average Bonchev–Trinajstić information content (AvgIpc) is 3.00. The summed E-state index contributed by atoms with van der Waals surface area (Å²) in [6, 6.07) is 20.1. The lowest BCUT2D eigenvalue weighted by Crippen LogP contribution is -1.89. The van der Waals surface area contributed by atoms with Crippen molar-refractivity contribution in [3.63, 3.8) is 0 Å². The third kappa shape index (κ3) is 2.35. The maximum Gasteiger partial charge on any atom is 0.345 e. The number of carboxylic acids is 1. The maximum atomic E-state index is 11.3. The van der Waals surface area contributed by atoms with E-state index in [1.165, 1.54) is 11.3 Å². The van der Waals surface area contributed by atoms with E-state index in [0.29, 0.717) is 4.88 Å². The smallest absolute Gasteiger partial charge is 0.345 e. The molecule has 0 radical (unpaired) electrons. The number of hydrogen-bond donors (Lipinski definition) is 1. The highest BCUT2D eigenvalue weighted by Gasteiger charge is 2.14. The van der Waals surface area contributed by atoms with Gasteiger partial charge in [-0.1, -0.05) is 64.5 Å². The van der Waals surface area contributed by atoms with E-state index >= 15 is 0 Å². The van der Waals surface area contributed by atoms with E-state index in [1.54, 1.807) is 6.07 Å². The molecule has 0 aliphatic rings. The van der Waals surface area contributed by atoms with Crippen LogP contribution in [0.15, 0.2) is 65.1 Å². The summed E-state index contributed by atoms with van der Waals surface area (Å²) in [7, 11) is 0. The van der Waals surface area contributed by atoms with Crippen LogP contribution in [0, 0.1) is 0 Å². The molecule has 3 aromatic carbocycles. The molecule has 0 aliphatic heterocycles. The predicted octanol–water partition coefficient (Wildman–Crippen LogP) is 6.18. The molecule has 0 fully saturated rings. The molecule has 4 heteroatoms. The molecule has 0 aliphatic carbocycles. The van der Waals surface area contributed by atoms with Crippen LogP contribution in [0.5, 0.6) is 0 Å². The van der Waals surface area contributed by atoms with Crippen molar-refractivity contribution in [2.45, 2.75) is 0 Å². The summed E-state index contributed by atoms with van der Waals surface area (Å²) in [5.74, 6) is -0.877. The summed E-state index contributed by atoms with van der Waals surface area (Å²) in [6.45, 7) is 0. The van der Waals surface area contributed by atoms with Crippen molar-refractivity contribution >= 4 is 54.1 Å². The van der Waals surface area contributed by atoms with Gasteiger partial charge in [0.25, 0.3) is 0 Å². The molecule has 0 unspecified atom stereocenters. The van der Waals surface area contributed by atoms with Gasteiger partial charge in [-0.2, -0.15) is 0 Å². The van der Waals surface area contributed by atoms with Crippen LogP contribution < -0.4 is 0 Å². The quantitative estimate of drug-likeness (QED) is 0.449. The fraction of sp³-hybridized carbons (Fsp3) is 0. The van der Waals surface area contributed by atoms with Crippen molar-refractivity contribution in [2.75, 3.05) is 0 Å². The van der Waals surface area contributed by atoms with Gasteiger partial charge in [0.2, 0.25) is 0 Å². The predicted molar refractivity (Wildman–Crippen MR) is 99.4 cm³/mol.